The number of aromatic nitrogens is 3. The van der Waals surface area contributed by atoms with Crippen LogP contribution in [0.2, 0.25) is 0 Å². The number of carboxylic acids is 1. The van der Waals surface area contributed by atoms with Gasteiger partial charge in [0.15, 0.2) is 5.69 Å². The smallest absolute Gasteiger partial charge is 0.356 e. The predicted molar refractivity (Wildman–Crippen MR) is 74.8 cm³/mol. The Morgan fingerprint density at radius 1 is 1.20 bits per heavy atom. The van der Waals surface area contributed by atoms with Gasteiger partial charge < -0.3 is 5.11 Å². The van der Waals surface area contributed by atoms with Crippen LogP contribution in [0, 0.1) is 0 Å². The van der Waals surface area contributed by atoms with Crippen LogP contribution in [0.3, 0.4) is 0 Å². The van der Waals surface area contributed by atoms with Crippen molar-refractivity contribution in [1.29, 1.82) is 0 Å². The lowest BCUT2D eigenvalue weighted by molar-refractivity contribution is 0.0693. The van der Waals surface area contributed by atoms with E-state index in [0.717, 1.165) is 11.3 Å². The van der Waals surface area contributed by atoms with E-state index in [4.69, 9.17) is 0 Å². The minimum absolute atomic E-state index is 0.0500. The monoisotopic (exact) mass is 267 g/mol. The fourth-order valence-corrected chi connectivity index (χ4v) is 2.18. The lowest BCUT2D eigenvalue weighted by atomic mass is 10.1. The van der Waals surface area contributed by atoms with Crippen LogP contribution in [0.15, 0.2) is 42.5 Å². The normalized spacial score (nSPS) is 10.8. The van der Waals surface area contributed by atoms with E-state index in [2.05, 4.69) is 10.1 Å². The first-order valence-electron chi connectivity index (χ1n) is 6.38. The summed E-state index contributed by atoms with van der Waals surface area (Å²) in [5.74, 6) is -0.383. The van der Waals surface area contributed by atoms with Crippen molar-refractivity contribution in [2.45, 2.75) is 13.3 Å². The molecule has 0 fully saturated rings. The summed E-state index contributed by atoms with van der Waals surface area (Å²) in [5, 5.41) is 13.7. The fraction of sp³-hybridized carbons (Fsp3) is 0.133. The maximum Gasteiger partial charge on any atom is 0.356 e. The molecule has 0 bridgehead atoms. The van der Waals surface area contributed by atoms with Gasteiger partial charge in [-0.2, -0.15) is 5.10 Å². The summed E-state index contributed by atoms with van der Waals surface area (Å²) in [7, 11) is 0. The molecule has 2 heterocycles. The fourth-order valence-electron chi connectivity index (χ4n) is 2.18. The molecule has 1 aromatic carbocycles. The Balaban J connectivity index is 2.23. The zero-order valence-electron chi connectivity index (χ0n) is 10.9. The number of aromatic carboxylic acids is 1. The number of imidazole rings is 1. The minimum atomic E-state index is -1.03. The minimum Gasteiger partial charge on any atom is -0.476 e. The average molecular weight is 267 g/mol. The van der Waals surface area contributed by atoms with E-state index in [1.54, 1.807) is 10.6 Å². The molecular formula is C15H13N3O2. The molecule has 5 heteroatoms. The topological polar surface area (TPSA) is 67.5 Å². The number of carbonyl (C=O) groups is 1. The third kappa shape index (κ3) is 1.93. The summed E-state index contributed by atoms with van der Waals surface area (Å²) in [5.41, 5.74) is 2.35. The molecule has 5 nitrogen and oxygen atoms in total. The number of nitrogens with zero attached hydrogens (tertiary/aromatic N) is 3. The van der Waals surface area contributed by atoms with Crippen LogP contribution < -0.4 is 0 Å². The third-order valence-electron chi connectivity index (χ3n) is 3.15. The number of fused-ring (bicyclic) bond motifs is 1. The number of benzene rings is 1. The molecule has 0 radical (unpaired) electrons. The molecule has 1 N–H and O–H groups in total. The third-order valence-corrected chi connectivity index (χ3v) is 3.15. The van der Waals surface area contributed by atoms with Crippen LogP contribution in [0.4, 0.5) is 0 Å². The van der Waals surface area contributed by atoms with Crippen LogP contribution in [-0.4, -0.2) is 25.7 Å². The highest BCUT2D eigenvalue weighted by Crippen LogP contribution is 2.19. The molecule has 3 rings (SSSR count). The lowest BCUT2D eigenvalue weighted by Gasteiger charge is -2.03. The van der Waals surface area contributed by atoms with Crippen molar-refractivity contribution < 1.29 is 9.90 Å². The molecule has 0 aliphatic carbocycles. The van der Waals surface area contributed by atoms with Gasteiger partial charge in [-0.25, -0.2) is 14.3 Å². The van der Waals surface area contributed by atoms with Gasteiger partial charge in [0.1, 0.15) is 5.82 Å². The van der Waals surface area contributed by atoms with E-state index < -0.39 is 5.97 Å². The molecule has 0 saturated heterocycles. The summed E-state index contributed by atoms with van der Waals surface area (Å²) in [6.07, 6.45) is 0.625. The van der Waals surface area contributed by atoms with Crippen LogP contribution in [0.1, 0.15) is 23.2 Å². The molecule has 0 spiro atoms. The highest BCUT2D eigenvalue weighted by molar-refractivity contribution is 5.93. The van der Waals surface area contributed by atoms with E-state index >= 15 is 0 Å². The number of hydrogen-bond acceptors (Lipinski definition) is 3. The lowest BCUT2D eigenvalue weighted by Crippen LogP contribution is -1.99. The Bertz CT molecular complexity index is 778. The Morgan fingerprint density at radius 2 is 1.95 bits per heavy atom. The first kappa shape index (κ1) is 12.3. The zero-order chi connectivity index (χ0) is 14.1. The highest BCUT2D eigenvalue weighted by Gasteiger charge is 2.17. The van der Waals surface area contributed by atoms with Crippen LogP contribution in [0.5, 0.6) is 0 Å². The molecule has 100 valence electrons. The second kappa shape index (κ2) is 4.77. The van der Waals surface area contributed by atoms with E-state index in [1.165, 1.54) is 0 Å². The van der Waals surface area contributed by atoms with Crippen LogP contribution in [-0.2, 0) is 6.42 Å². The Morgan fingerprint density at radius 3 is 2.60 bits per heavy atom. The number of hydrogen-bond donors (Lipinski definition) is 1. The van der Waals surface area contributed by atoms with Crippen molar-refractivity contribution in [3.63, 3.8) is 0 Å². The van der Waals surface area contributed by atoms with Crippen molar-refractivity contribution in [3.05, 3.63) is 54.0 Å². The maximum absolute atomic E-state index is 11.2. The largest absolute Gasteiger partial charge is 0.476 e. The van der Waals surface area contributed by atoms with Crippen molar-refractivity contribution in [2.75, 3.05) is 0 Å². The van der Waals surface area contributed by atoms with Gasteiger partial charge in [0.2, 0.25) is 0 Å². The Labute approximate surface area is 115 Å². The summed E-state index contributed by atoms with van der Waals surface area (Å²) < 4.78 is 1.62. The Kier molecular flexibility index (Phi) is 2.95. The second-order valence-electron chi connectivity index (χ2n) is 4.42. The number of carboxylic acid groups (broad SMARTS) is 1. The number of aryl methyl sites for hydroxylation is 1. The summed E-state index contributed by atoms with van der Waals surface area (Å²) in [6.45, 7) is 1.93. The first-order valence-corrected chi connectivity index (χ1v) is 6.38. The van der Waals surface area contributed by atoms with Crippen LogP contribution >= 0.6 is 0 Å². The molecule has 0 saturated carbocycles. The van der Waals surface area contributed by atoms with Crippen molar-refractivity contribution in [2.24, 2.45) is 0 Å². The molecule has 0 unspecified atom stereocenters. The van der Waals surface area contributed by atoms with Crippen LogP contribution in [0.25, 0.3) is 16.8 Å². The first-order chi connectivity index (χ1) is 9.70. The van der Waals surface area contributed by atoms with Gasteiger partial charge in [-0.15, -0.1) is 0 Å². The average Bonchev–Trinajstić information content (AvgIpc) is 2.86. The molecule has 3 aromatic rings. The molecule has 0 aliphatic heterocycles. The van der Waals surface area contributed by atoms with E-state index in [0.29, 0.717) is 17.8 Å². The zero-order valence-corrected chi connectivity index (χ0v) is 10.9. The van der Waals surface area contributed by atoms with Crippen molar-refractivity contribution >= 4 is 11.5 Å². The van der Waals surface area contributed by atoms with Gasteiger partial charge in [0.05, 0.1) is 11.2 Å². The second-order valence-corrected chi connectivity index (χ2v) is 4.42. The SMILES string of the molecule is CCc1nc(C(=O)O)c2ccc(-c3ccccc3)nn12. The number of rotatable bonds is 3. The van der Waals surface area contributed by atoms with Gasteiger partial charge in [-0.05, 0) is 12.1 Å². The van der Waals surface area contributed by atoms with E-state index in [1.807, 2.05) is 43.3 Å². The highest BCUT2D eigenvalue weighted by atomic mass is 16.4. The van der Waals surface area contributed by atoms with Gasteiger partial charge in [0, 0.05) is 12.0 Å². The van der Waals surface area contributed by atoms with E-state index in [-0.39, 0.29) is 5.69 Å². The summed E-state index contributed by atoms with van der Waals surface area (Å²) in [6, 6.07) is 13.3. The van der Waals surface area contributed by atoms with Gasteiger partial charge in [-0.3, -0.25) is 0 Å². The summed E-state index contributed by atoms with van der Waals surface area (Å²) >= 11 is 0. The van der Waals surface area contributed by atoms with Crippen molar-refractivity contribution in [3.8, 4) is 11.3 Å². The quantitative estimate of drug-likeness (QED) is 0.792. The molecular weight excluding hydrogens is 254 g/mol. The molecule has 0 atom stereocenters. The maximum atomic E-state index is 11.2. The predicted octanol–water partition coefficient (Wildman–Crippen LogP) is 2.66. The molecule has 0 amide bonds. The van der Waals surface area contributed by atoms with E-state index in [9.17, 15) is 9.90 Å². The van der Waals surface area contributed by atoms with Crippen molar-refractivity contribution in [1.82, 2.24) is 14.6 Å². The van der Waals surface area contributed by atoms with Gasteiger partial charge >= 0.3 is 5.97 Å². The molecule has 2 aromatic heterocycles. The standard InChI is InChI=1S/C15H13N3O2/c1-2-13-16-14(15(19)20)12-9-8-11(17-18(12)13)10-6-4-3-5-7-10/h3-9H,2H2,1H3,(H,19,20). The molecule has 20 heavy (non-hydrogen) atoms. The van der Waals surface area contributed by atoms with Gasteiger partial charge in [0.25, 0.3) is 0 Å². The van der Waals surface area contributed by atoms with Gasteiger partial charge in [-0.1, -0.05) is 37.3 Å². The summed E-state index contributed by atoms with van der Waals surface area (Å²) in [4.78, 5) is 15.3. The Hall–Kier alpha value is -2.69. The molecule has 0 aliphatic rings.